The van der Waals surface area contributed by atoms with E-state index in [0.29, 0.717) is 0 Å². The third-order valence-electron chi connectivity index (χ3n) is 4.71. The standard InChI is InChI=1S/C22H26N2/c1-15-12-16(2)21(17(3)13-15)20-10-11-23-14-22(4,5)18-8-6-7-9-19(18)24-20/h6-13,24H,14H2,1-5H3/b20-10-,23-11?. The van der Waals surface area contributed by atoms with E-state index < -0.39 is 0 Å². The number of anilines is 1. The van der Waals surface area contributed by atoms with E-state index in [4.69, 9.17) is 0 Å². The average molecular weight is 318 g/mol. The van der Waals surface area contributed by atoms with Crippen LogP contribution in [-0.2, 0) is 5.41 Å². The van der Waals surface area contributed by atoms with Gasteiger partial charge in [-0.05, 0) is 49.6 Å². The minimum atomic E-state index is 0.000743. The van der Waals surface area contributed by atoms with E-state index in [1.54, 1.807) is 0 Å². The second-order valence-electron chi connectivity index (χ2n) is 7.40. The summed E-state index contributed by atoms with van der Waals surface area (Å²) in [6.45, 7) is 11.8. The molecule has 0 atom stereocenters. The van der Waals surface area contributed by atoms with Crippen molar-refractivity contribution in [2.75, 3.05) is 11.9 Å². The molecular weight excluding hydrogens is 292 g/mol. The highest BCUT2D eigenvalue weighted by Crippen LogP contribution is 2.34. The summed E-state index contributed by atoms with van der Waals surface area (Å²) < 4.78 is 0. The number of aliphatic imine (C=N–C) groups is 1. The molecule has 0 spiro atoms. The summed E-state index contributed by atoms with van der Waals surface area (Å²) in [5.74, 6) is 0. The lowest BCUT2D eigenvalue weighted by Gasteiger charge is -2.26. The molecule has 1 heterocycles. The van der Waals surface area contributed by atoms with Gasteiger partial charge in [0, 0.05) is 35.1 Å². The topological polar surface area (TPSA) is 24.4 Å². The van der Waals surface area contributed by atoms with Crippen LogP contribution in [0.2, 0.25) is 0 Å². The van der Waals surface area contributed by atoms with Crippen molar-refractivity contribution >= 4 is 17.6 Å². The number of aryl methyl sites for hydroxylation is 3. The van der Waals surface area contributed by atoms with Crippen molar-refractivity contribution in [2.24, 2.45) is 4.99 Å². The predicted molar refractivity (Wildman–Crippen MR) is 105 cm³/mol. The lowest BCUT2D eigenvalue weighted by molar-refractivity contribution is 0.543. The summed E-state index contributed by atoms with van der Waals surface area (Å²) in [7, 11) is 0. The smallest absolute Gasteiger partial charge is 0.0481 e. The number of allylic oxidation sites excluding steroid dienone is 1. The molecule has 1 aliphatic heterocycles. The van der Waals surface area contributed by atoms with Crippen molar-refractivity contribution in [3.8, 4) is 0 Å². The van der Waals surface area contributed by atoms with Gasteiger partial charge in [0.15, 0.2) is 0 Å². The number of nitrogens with one attached hydrogen (secondary N) is 1. The molecule has 2 nitrogen and oxygen atoms in total. The third-order valence-corrected chi connectivity index (χ3v) is 4.71. The molecule has 0 saturated carbocycles. The first-order valence-electron chi connectivity index (χ1n) is 8.53. The van der Waals surface area contributed by atoms with E-state index in [1.165, 1.54) is 33.5 Å². The van der Waals surface area contributed by atoms with Crippen LogP contribution in [0.3, 0.4) is 0 Å². The number of para-hydroxylation sites is 1. The lowest BCUT2D eigenvalue weighted by atomic mass is 9.83. The van der Waals surface area contributed by atoms with E-state index in [0.717, 1.165) is 12.2 Å². The van der Waals surface area contributed by atoms with Crippen molar-refractivity contribution in [2.45, 2.75) is 40.0 Å². The average Bonchev–Trinajstić information content (AvgIpc) is 2.55. The Balaban J connectivity index is 2.15. The van der Waals surface area contributed by atoms with Gasteiger partial charge in [-0.1, -0.05) is 49.7 Å². The second kappa shape index (κ2) is 6.27. The molecule has 0 amide bonds. The number of hydrogen-bond acceptors (Lipinski definition) is 2. The van der Waals surface area contributed by atoms with Gasteiger partial charge >= 0.3 is 0 Å². The van der Waals surface area contributed by atoms with E-state index in [9.17, 15) is 0 Å². The SMILES string of the molecule is Cc1cc(C)c(/C2=C/C=NCC(C)(C)c3ccccc3N2)c(C)c1. The molecular formula is C22H26N2. The first-order chi connectivity index (χ1) is 11.4. The van der Waals surface area contributed by atoms with Crippen LogP contribution in [0.1, 0.15) is 41.7 Å². The minimum Gasteiger partial charge on any atom is -0.355 e. The molecule has 1 N–H and O–H groups in total. The van der Waals surface area contributed by atoms with Crippen LogP contribution in [-0.4, -0.2) is 12.8 Å². The summed E-state index contributed by atoms with van der Waals surface area (Å²) in [6, 6.07) is 13.0. The van der Waals surface area contributed by atoms with Gasteiger partial charge in [-0.25, -0.2) is 0 Å². The highest BCUT2D eigenvalue weighted by Gasteiger charge is 2.24. The lowest BCUT2D eigenvalue weighted by Crippen LogP contribution is -2.22. The number of hydrogen-bond donors (Lipinski definition) is 1. The second-order valence-corrected chi connectivity index (χ2v) is 7.40. The maximum Gasteiger partial charge on any atom is 0.0481 e. The summed E-state index contributed by atoms with van der Waals surface area (Å²) in [5.41, 5.74) is 8.72. The third kappa shape index (κ3) is 3.14. The highest BCUT2D eigenvalue weighted by atomic mass is 14.9. The van der Waals surface area contributed by atoms with Crippen LogP contribution in [0, 0.1) is 20.8 Å². The fourth-order valence-electron chi connectivity index (χ4n) is 3.61. The van der Waals surface area contributed by atoms with Gasteiger partial charge in [0.2, 0.25) is 0 Å². The monoisotopic (exact) mass is 318 g/mol. The van der Waals surface area contributed by atoms with Gasteiger partial charge in [-0.3, -0.25) is 4.99 Å². The maximum absolute atomic E-state index is 4.65. The quantitative estimate of drug-likeness (QED) is 0.745. The zero-order valence-electron chi connectivity index (χ0n) is 15.3. The molecule has 24 heavy (non-hydrogen) atoms. The molecule has 2 aromatic rings. The molecule has 2 aromatic carbocycles. The van der Waals surface area contributed by atoms with E-state index in [2.05, 4.69) is 87.4 Å². The van der Waals surface area contributed by atoms with Gasteiger partial charge < -0.3 is 5.32 Å². The van der Waals surface area contributed by atoms with Crippen LogP contribution in [0.15, 0.2) is 47.5 Å². The van der Waals surface area contributed by atoms with Gasteiger partial charge in [0.25, 0.3) is 0 Å². The first-order valence-corrected chi connectivity index (χ1v) is 8.53. The molecule has 0 aliphatic carbocycles. The molecule has 0 bridgehead atoms. The molecule has 3 rings (SSSR count). The minimum absolute atomic E-state index is 0.000743. The molecule has 124 valence electrons. The summed E-state index contributed by atoms with van der Waals surface area (Å²) in [6.07, 6.45) is 4.04. The Labute approximate surface area is 145 Å². The van der Waals surface area contributed by atoms with Crippen LogP contribution in [0.4, 0.5) is 5.69 Å². The molecule has 0 radical (unpaired) electrons. The van der Waals surface area contributed by atoms with Crippen molar-refractivity contribution in [1.82, 2.24) is 0 Å². The Morgan fingerprint density at radius 3 is 2.38 bits per heavy atom. The van der Waals surface area contributed by atoms with Gasteiger partial charge in [-0.2, -0.15) is 0 Å². The van der Waals surface area contributed by atoms with Crippen molar-refractivity contribution in [3.05, 3.63) is 70.3 Å². The fourth-order valence-corrected chi connectivity index (χ4v) is 3.61. The maximum atomic E-state index is 4.65. The van der Waals surface area contributed by atoms with Gasteiger partial charge in [0.1, 0.15) is 0 Å². The van der Waals surface area contributed by atoms with Crippen molar-refractivity contribution in [1.29, 1.82) is 0 Å². The van der Waals surface area contributed by atoms with Crippen LogP contribution < -0.4 is 5.32 Å². The molecule has 1 aliphatic rings. The normalized spacial score (nSPS) is 18.5. The fraction of sp³-hybridized carbons (Fsp3) is 0.318. The molecule has 0 fully saturated rings. The van der Waals surface area contributed by atoms with Crippen LogP contribution in [0.5, 0.6) is 0 Å². The molecule has 0 aromatic heterocycles. The summed E-state index contributed by atoms with van der Waals surface area (Å²) >= 11 is 0. The zero-order chi connectivity index (χ0) is 17.3. The Kier molecular flexibility index (Phi) is 4.31. The number of fused-ring (bicyclic) bond motifs is 1. The van der Waals surface area contributed by atoms with Crippen LogP contribution >= 0.6 is 0 Å². The van der Waals surface area contributed by atoms with Gasteiger partial charge in [-0.15, -0.1) is 0 Å². The Morgan fingerprint density at radius 1 is 1.00 bits per heavy atom. The molecule has 0 unspecified atom stereocenters. The number of benzene rings is 2. The van der Waals surface area contributed by atoms with Crippen LogP contribution in [0.25, 0.3) is 5.70 Å². The number of rotatable bonds is 1. The highest BCUT2D eigenvalue weighted by molar-refractivity contribution is 5.91. The van der Waals surface area contributed by atoms with Crippen molar-refractivity contribution < 1.29 is 0 Å². The summed E-state index contributed by atoms with van der Waals surface area (Å²) in [5, 5.41) is 3.68. The Morgan fingerprint density at radius 2 is 1.67 bits per heavy atom. The van der Waals surface area contributed by atoms with E-state index in [-0.39, 0.29) is 5.41 Å². The first kappa shape index (κ1) is 16.5. The van der Waals surface area contributed by atoms with Crippen molar-refractivity contribution in [3.63, 3.8) is 0 Å². The predicted octanol–water partition coefficient (Wildman–Crippen LogP) is 5.43. The Hall–Kier alpha value is -2.35. The molecule has 0 saturated heterocycles. The van der Waals surface area contributed by atoms with E-state index >= 15 is 0 Å². The largest absolute Gasteiger partial charge is 0.355 e. The van der Waals surface area contributed by atoms with E-state index in [1.807, 2.05) is 6.21 Å². The molecule has 2 heteroatoms. The number of nitrogens with zero attached hydrogens (tertiary/aromatic N) is 1. The zero-order valence-corrected chi connectivity index (χ0v) is 15.3. The summed E-state index contributed by atoms with van der Waals surface area (Å²) in [4.78, 5) is 4.65. The van der Waals surface area contributed by atoms with Gasteiger partial charge in [0.05, 0.1) is 0 Å². The Bertz CT molecular complexity index is 803.